The molecule has 3 N–H and O–H groups in total. The summed E-state index contributed by atoms with van der Waals surface area (Å²) in [7, 11) is 0. The molecule has 0 saturated carbocycles. The SMILES string of the molecule is O=C(Nc1ncc(=O)[nH]c1O)c1ccc2c(c1)C(=O)N(c1ccc(C(=O)c3ccccc3)cc1)C2=O. The molecule has 0 bridgehead atoms. The second-order valence-electron chi connectivity index (χ2n) is 7.85. The van der Waals surface area contributed by atoms with Gasteiger partial charge in [0, 0.05) is 16.7 Å². The lowest BCUT2D eigenvalue weighted by molar-refractivity contribution is 0.0924. The number of hydrogen-bond donors (Lipinski definition) is 3. The fourth-order valence-corrected chi connectivity index (χ4v) is 3.80. The number of ketones is 1. The molecule has 0 saturated heterocycles. The number of amides is 3. The third-order valence-electron chi connectivity index (χ3n) is 5.58. The van der Waals surface area contributed by atoms with Crippen LogP contribution in [0.25, 0.3) is 0 Å². The molecule has 2 heterocycles. The number of hydrogen-bond acceptors (Lipinski definition) is 7. The minimum atomic E-state index is -0.713. The van der Waals surface area contributed by atoms with E-state index in [2.05, 4.69) is 15.3 Å². The predicted molar refractivity (Wildman–Crippen MR) is 128 cm³/mol. The molecule has 1 aliphatic heterocycles. The highest BCUT2D eigenvalue weighted by Gasteiger charge is 2.37. The van der Waals surface area contributed by atoms with Gasteiger partial charge in [-0.05, 0) is 42.5 Å². The fourth-order valence-electron chi connectivity index (χ4n) is 3.80. The summed E-state index contributed by atoms with van der Waals surface area (Å²) in [6.45, 7) is 0. The van der Waals surface area contributed by atoms with Gasteiger partial charge in [-0.1, -0.05) is 30.3 Å². The van der Waals surface area contributed by atoms with Crippen LogP contribution in [-0.4, -0.2) is 38.6 Å². The Labute approximate surface area is 202 Å². The largest absolute Gasteiger partial charge is 0.492 e. The predicted octanol–water partition coefficient (Wildman–Crippen LogP) is 2.76. The third-order valence-corrected chi connectivity index (χ3v) is 5.58. The molecule has 0 atom stereocenters. The van der Waals surface area contributed by atoms with E-state index in [4.69, 9.17) is 0 Å². The molecular weight excluding hydrogens is 464 g/mol. The Morgan fingerprint density at radius 2 is 1.44 bits per heavy atom. The van der Waals surface area contributed by atoms with Crippen molar-refractivity contribution in [2.24, 2.45) is 0 Å². The van der Waals surface area contributed by atoms with Crippen molar-refractivity contribution in [1.82, 2.24) is 9.97 Å². The van der Waals surface area contributed by atoms with Crippen LogP contribution in [-0.2, 0) is 0 Å². The molecule has 1 aromatic heterocycles. The minimum absolute atomic E-state index is 0.0238. The zero-order valence-corrected chi connectivity index (χ0v) is 18.4. The van der Waals surface area contributed by atoms with E-state index in [1.807, 2.05) is 6.07 Å². The maximum absolute atomic E-state index is 13.1. The molecule has 10 nitrogen and oxygen atoms in total. The number of anilines is 2. The molecule has 0 unspecified atom stereocenters. The Morgan fingerprint density at radius 3 is 2.14 bits per heavy atom. The van der Waals surface area contributed by atoms with Gasteiger partial charge in [0.05, 0.1) is 23.0 Å². The van der Waals surface area contributed by atoms with Crippen molar-refractivity contribution in [2.75, 3.05) is 10.2 Å². The van der Waals surface area contributed by atoms with Crippen LogP contribution < -0.4 is 15.8 Å². The van der Waals surface area contributed by atoms with Gasteiger partial charge in [0.2, 0.25) is 5.88 Å². The number of carbonyl (C=O) groups excluding carboxylic acids is 4. The smallest absolute Gasteiger partial charge is 0.269 e. The zero-order valence-electron chi connectivity index (χ0n) is 18.4. The molecule has 0 aliphatic carbocycles. The van der Waals surface area contributed by atoms with Crippen molar-refractivity contribution in [3.63, 3.8) is 0 Å². The van der Waals surface area contributed by atoms with Gasteiger partial charge in [-0.15, -0.1) is 0 Å². The van der Waals surface area contributed by atoms with Crippen LogP contribution in [0.15, 0.2) is 83.8 Å². The lowest BCUT2D eigenvalue weighted by Crippen LogP contribution is -2.29. The summed E-state index contributed by atoms with van der Waals surface area (Å²) < 4.78 is 0. The zero-order chi connectivity index (χ0) is 25.4. The number of H-pyrrole nitrogens is 1. The van der Waals surface area contributed by atoms with E-state index in [1.165, 1.54) is 42.5 Å². The van der Waals surface area contributed by atoms with Crippen LogP contribution in [0, 0.1) is 0 Å². The van der Waals surface area contributed by atoms with Crippen molar-refractivity contribution >= 4 is 35.0 Å². The molecule has 36 heavy (non-hydrogen) atoms. The lowest BCUT2D eigenvalue weighted by Gasteiger charge is -2.14. The molecule has 0 radical (unpaired) electrons. The Hall–Kier alpha value is -5.38. The Bertz CT molecular complexity index is 1610. The van der Waals surface area contributed by atoms with Crippen LogP contribution in [0.2, 0.25) is 0 Å². The van der Waals surface area contributed by atoms with E-state index in [9.17, 15) is 29.1 Å². The molecule has 3 amide bonds. The second-order valence-corrected chi connectivity index (χ2v) is 7.85. The monoisotopic (exact) mass is 480 g/mol. The number of nitrogens with one attached hydrogen (secondary N) is 2. The number of aromatic amines is 1. The standard InChI is InChI=1S/C26H16N4O6/c31-20-13-27-22(24(34)28-20)29-23(33)16-8-11-18-19(12-16)26(36)30(25(18)35)17-9-6-15(7-10-17)21(32)14-4-2-1-3-5-14/h1-13H,(H,27,29,33)(H2,28,31,34). The molecule has 176 valence electrons. The maximum Gasteiger partial charge on any atom is 0.269 e. The molecule has 5 rings (SSSR count). The molecular formula is C26H16N4O6. The lowest BCUT2D eigenvalue weighted by atomic mass is 10.0. The van der Waals surface area contributed by atoms with E-state index in [-0.39, 0.29) is 34.0 Å². The number of aromatic nitrogens is 2. The summed E-state index contributed by atoms with van der Waals surface area (Å²) in [6, 6.07) is 18.8. The van der Waals surface area contributed by atoms with Crippen LogP contribution in [0.3, 0.4) is 0 Å². The first kappa shape index (κ1) is 22.4. The van der Waals surface area contributed by atoms with Gasteiger partial charge < -0.3 is 10.4 Å². The summed E-state index contributed by atoms with van der Waals surface area (Å²) >= 11 is 0. The summed E-state index contributed by atoms with van der Waals surface area (Å²) in [4.78, 5) is 69.2. The number of aromatic hydroxyl groups is 1. The minimum Gasteiger partial charge on any atom is -0.492 e. The number of carbonyl (C=O) groups is 4. The van der Waals surface area contributed by atoms with Gasteiger partial charge in [-0.25, -0.2) is 9.88 Å². The van der Waals surface area contributed by atoms with Crippen molar-refractivity contribution in [3.8, 4) is 5.88 Å². The molecule has 3 aromatic carbocycles. The van der Waals surface area contributed by atoms with E-state index in [1.54, 1.807) is 24.3 Å². The topological polar surface area (TPSA) is 150 Å². The van der Waals surface area contributed by atoms with Gasteiger partial charge in [-0.2, -0.15) is 0 Å². The van der Waals surface area contributed by atoms with Crippen LogP contribution in [0.5, 0.6) is 5.88 Å². The first-order valence-corrected chi connectivity index (χ1v) is 10.7. The Morgan fingerprint density at radius 1 is 0.806 bits per heavy atom. The fraction of sp³-hybridized carbons (Fsp3) is 0. The van der Waals surface area contributed by atoms with Crippen molar-refractivity contribution < 1.29 is 24.3 Å². The number of imide groups is 1. The highest BCUT2D eigenvalue weighted by Crippen LogP contribution is 2.30. The van der Waals surface area contributed by atoms with Crippen LogP contribution in [0.1, 0.15) is 47.0 Å². The Kier molecular flexibility index (Phi) is 5.46. The summed E-state index contributed by atoms with van der Waals surface area (Å²) in [5.41, 5.74) is 0.723. The van der Waals surface area contributed by atoms with E-state index in [0.29, 0.717) is 11.1 Å². The first-order chi connectivity index (χ1) is 17.3. The molecule has 4 aromatic rings. The molecule has 0 spiro atoms. The number of benzene rings is 3. The highest BCUT2D eigenvalue weighted by atomic mass is 16.3. The van der Waals surface area contributed by atoms with E-state index in [0.717, 1.165) is 11.1 Å². The maximum atomic E-state index is 13.1. The van der Waals surface area contributed by atoms with Crippen molar-refractivity contribution in [1.29, 1.82) is 0 Å². The summed E-state index contributed by atoms with van der Waals surface area (Å²) in [5.74, 6) is -2.99. The normalized spacial score (nSPS) is 12.4. The number of nitrogens with zero attached hydrogens (tertiary/aromatic N) is 2. The average Bonchev–Trinajstić information content (AvgIpc) is 3.15. The van der Waals surface area contributed by atoms with E-state index >= 15 is 0 Å². The van der Waals surface area contributed by atoms with Gasteiger partial charge >= 0.3 is 0 Å². The molecule has 1 aliphatic rings. The average molecular weight is 480 g/mol. The summed E-state index contributed by atoms with van der Waals surface area (Å²) in [6.07, 6.45) is 0.886. The van der Waals surface area contributed by atoms with Crippen molar-refractivity contribution in [2.45, 2.75) is 0 Å². The van der Waals surface area contributed by atoms with Crippen LogP contribution in [0.4, 0.5) is 11.5 Å². The molecule has 10 heteroatoms. The highest BCUT2D eigenvalue weighted by molar-refractivity contribution is 6.34. The molecule has 0 fully saturated rings. The first-order valence-electron chi connectivity index (χ1n) is 10.7. The van der Waals surface area contributed by atoms with Crippen LogP contribution >= 0.6 is 0 Å². The van der Waals surface area contributed by atoms with Gasteiger partial charge in [0.15, 0.2) is 11.6 Å². The van der Waals surface area contributed by atoms with Gasteiger partial charge in [0.1, 0.15) is 0 Å². The second kappa shape index (κ2) is 8.76. The van der Waals surface area contributed by atoms with Gasteiger partial charge in [-0.3, -0.25) is 29.0 Å². The number of fused-ring (bicyclic) bond motifs is 1. The van der Waals surface area contributed by atoms with Gasteiger partial charge in [0.25, 0.3) is 23.3 Å². The Balaban J connectivity index is 1.38. The van der Waals surface area contributed by atoms with Crippen molar-refractivity contribution in [3.05, 3.63) is 117 Å². The number of rotatable bonds is 5. The summed E-state index contributed by atoms with van der Waals surface area (Å²) in [5, 5.41) is 12.1. The quantitative estimate of drug-likeness (QED) is 0.294. The van der Waals surface area contributed by atoms with E-state index < -0.39 is 29.2 Å². The third kappa shape index (κ3) is 3.92.